The van der Waals surface area contributed by atoms with E-state index < -0.39 is 0 Å². The molecule has 0 atom stereocenters. The van der Waals surface area contributed by atoms with Crippen LogP contribution in [0.3, 0.4) is 0 Å². The van der Waals surface area contributed by atoms with Gasteiger partial charge < -0.3 is 0 Å². The highest BCUT2D eigenvalue weighted by atomic mass is 79.9. The second-order valence-electron chi connectivity index (χ2n) is 1.51. The predicted molar refractivity (Wildman–Crippen MR) is 49.2 cm³/mol. The second kappa shape index (κ2) is 6.38. The molecule has 0 N–H and O–H groups in total. The Kier molecular flexibility index (Phi) is 5.91. The summed E-state index contributed by atoms with van der Waals surface area (Å²) in [7, 11) is 0. The van der Waals surface area contributed by atoms with Crippen LogP contribution >= 0.6 is 15.9 Å². The van der Waals surface area contributed by atoms with E-state index in [0.29, 0.717) is 0 Å². The number of halogens is 1. The minimum absolute atomic E-state index is 0.938. The minimum atomic E-state index is 0.938. The Morgan fingerprint density at radius 1 is 1.20 bits per heavy atom. The molecule has 0 aromatic heterocycles. The zero-order valence-corrected chi connectivity index (χ0v) is 7.43. The van der Waals surface area contributed by atoms with Crippen LogP contribution in [0.2, 0.25) is 0 Å². The molecule has 1 heteroatoms. The lowest BCUT2D eigenvalue weighted by atomic mass is 10.2. The molecule has 1 rings (SSSR count). The Bertz CT molecular complexity index is 196. The van der Waals surface area contributed by atoms with Gasteiger partial charge in [0.2, 0.25) is 0 Å². The summed E-state index contributed by atoms with van der Waals surface area (Å²) < 4.78 is 0. The minimum Gasteiger partial charge on any atom is -0.115 e. The van der Waals surface area contributed by atoms with Crippen molar-refractivity contribution in [2.45, 2.75) is 0 Å². The summed E-state index contributed by atoms with van der Waals surface area (Å²) in [6.07, 6.45) is 5.10. The average Bonchev–Trinajstić information content (AvgIpc) is 2.10. The van der Waals surface area contributed by atoms with E-state index in [1.54, 1.807) is 0 Å². The summed E-state index contributed by atoms with van der Waals surface area (Å²) in [6.45, 7) is 0. The number of alkyl halides is 1. The van der Waals surface area contributed by atoms with Gasteiger partial charge in [0.1, 0.15) is 0 Å². The van der Waals surface area contributed by atoms with E-state index in [4.69, 9.17) is 6.42 Å². The molecule has 10 heavy (non-hydrogen) atoms. The molecule has 52 valence electrons. The smallest absolute Gasteiger partial charge is 0.0242 e. The fourth-order valence-corrected chi connectivity index (χ4v) is 0.534. The van der Waals surface area contributed by atoms with Crippen molar-refractivity contribution < 1.29 is 0 Å². The van der Waals surface area contributed by atoms with Crippen LogP contribution in [-0.2, 0) is 0 Å². The van der Waals surface area contributed by atoms with E-state index in [-0.39, 0.29) is 0 Å². The van der Waals surface area contributed by atoms with Crippen LogP contribution in [-0.4, -0.2) is 5.83 Å². The van der Waals surface area contributed by atoms with E-state index in [9.17, 15) is 0 Å². The second-order valence-corrected chi connectivity index (χ2v) is 1.51. The summed E-state index contributed by atoms with van der Waals surface area (Å²) >= 11 is 2.94. The van der Waals surface area contributed by atoms with Crippen molar-refractivity contribution >= 4 is 15.9 Å². The highest BCUT2D eigenvalue weighted by Crippen LogP contribution is 1.92. The Labute approximate surface area is 70.4 Å². The standard InChI is InChI=1S/C8H6.CH3Br/c1-2-8-6-4-3-5-7-8;1-2/h1,3-7H;1H3. The molecule has 0 aliphatic carbocycles. The Morgan fingerprint density at radius 2 is 1.70 bits per heavy atom. The third-order valence-corrected chi connectivity index (χ3v) is 0.940. The van der Waals surface area contributed by atoms with Crippen molar-refractivity contribution in [3.8, 4) is 12.3 Å². The SMILES string of the molecule is C#Cc1ccccc1.CBr. The summed E-state index contributed by atoms with van der Waals surface area (Å²) in [5.74, 6) is 4.34. The summed E-state index contributed by atoms with van der Waals surface area (Å²) in [6, 6.07) is 9.60. The van der Waals surface area contributed by atoms with Gasteiger partial charge in [0.15, 0.2) is 0 Å². The van der Waals surface area contributed by atoms with Crippen LogP contribution in [0.1, 0.15) is 5.56 Å². The summed E-state index contributed by atoms with van der Waals surface area (Å²) in [5.41, 5.74) is 0.938. The topological polar surface area (TPSA) is 0 Å². The number of benzene rings is 1. The van der Waals surface area contributed by atoms with Crippen molar-refractivity contribution in [1.82, 2.24) is 0 Å². The van der Waals surface area contributed by atoms with Crippen LogP contribution in [0.5, 0.6) is 0 Å². The van der Waals surface area contributed by atoms with Gasteiger partial charge in [0.25, 0.3) is 0 Å². The van der Waals surface area contributed by atoms with E-state index in [2.05, 4.69) is 21.9 Å². The average molecular weight is 197 g/mol. The predicted octanol–water partition coefficient (Wildman–Crippen LogP) is 2.68. The number of terminal acetylenes is 1. The first-order chi connectivity index (χ1) is 4.93. The Balaban J connectivity index is 0.000000371. The summed E-state index contributed by atoms with van der Waals surface area (Å²) in [4.78, 5) is 0. The van der Waals surface area contributed by atoms with Gasteiger partial charge in [-0.05, 0) is 18.0 Å². The lowest BCUT2D eigenvalue weighted by Gasteiger charge is -1.82. The fraction of sp³-hybridized carbons (Fsp3) is 0.111. The highest BCUT2D eigenvalue weighted by Gasteiger charge is 1.76. The lowest BCUT2D eigenvalue weighted by Crippen LogP contribution is -1.66. The first-order valence-corrected chi connectivity index (χ1v) is 4.41. The zero-order valence-electron chi connectivity index (χ0n) is 5.84. The quantitative estimate of drug-likeness (QED) is 0.443. The molecule has 0 radical (unpaired) electrons. The molecule has 0 unspecified atom stereocenters. The lowest BCUT2D eigenvalue weighted by molar-refractivity contribution is 1.65. The van der Waals surface area contributed by atoms with Crippen LogP contribution in [0.4, 0.5) is 0 Å². The van der Waals surface area contributed by atoms with Crippen LogP contribution in [0.25, 0.3) is 0 Å². The molecule has 0 aliphatic rings. The molecule has 0 spiro atoms. The van der Waals surface area contributed by atoms with Gasteiger partial charge in [-0.2, -0.15) is 0 Å². The molecule has 0 bridgehead atoms. The van der Waals surface area contributed by atoms with Crippen molar-refractivity contribution in [2.24, 2.45) is 0 Å². The van der Waals surface area contributed by atoms with Crippen LogP contribution in [0.15, 0.2) is 30.3 Å². The van der Waals surface area contributed by atoms with Gasteiger partial charge >= 0.3 is 0 Å². The van der Waals surface area contributed by atoms with E-state index >= 15 is 0 Å². The van der Waals surface area contributed by atoms with Gasteiger partial charge in [-0.15, -0.1) is 6.42 Å². The molecular formula is C9H9Br. The Hall–Kier alpha value is -0.740. The molecule has 0 fully saturated rings. The normalized spacial score (nSPS) is 6.90. The maximum absolute atomic E-state index is 5.10. The van der Waals surface area contributed by atoms with Crippen LogP contribution < -0.4 is 0 Å². The maximum Gasteiger partial charge on any atom is 0.0242 e. The molecular weight excluding hydrogens is 188 g/mol. The fourth-order valence-electron chi connectivity index (χ4n) is 0.534. The first-order valence-electron chi connectivity index (χ1n) is 2.83. The third-order valence-electron chi connectivity index (χ3n) is 0.940. The largest absolute Gasteiger partial charge is 0.115 e. The molecule has 1 aromatic carbocycles. The van der Waals surface area contributed by atoms with Crippen molar-refractivity contribution in [2.75, 3.05) is 5.83 Å². The molecule has 1 aromatic rings. The van der Waals surface area contributed by atoms with Crippen molar-refractivity contribution in [1.29, 1.82) is 0 Å². The molecule has 0 amide bonds. The van der Waals surface area contributed by atoms with Crippen molar-refractivity contribution in [3.05, 3.63) is 35.9 Å². The number of hydrogen-bond donors (Lipinski definition) is 0. The van der Waals surface area contributed by atoms with Gasteiger partial charge in [-0.25, -0.2) is 0 Å². The monoisotopic (exact) mass is 196 g/mol. The molecule has 0 nitrogen and oxygen atoms in total. The van der Waals surface area contributed by atoms with Gasteiger partial charge in [0.05, 0.1) is 0 Å². The summed E-state index contributed by atoms with van der Waals surface area (Å²) in [5, 5.41) is 0. The maximum atomic E-state index is 5.10. The molecule has 0 aliphatic heterocycles. The zero-order chi connectivity index (χ0) is 7.82. The highest BCUT2D eigenvalue weighted by molar-refractivity contribution is 9.08. The van der Waals surface area contributed by atoms with Gasteiger partial charge in [0, 0.05) is 5.56 Å². The van der Waals surface area contributed by atoms with Crippen molar-refractivity contribution in [3.63, 3.8) is 0 Å². The molecule has 0 saturated carbocycles. The molecule has 0 heterocycles. The number of rotatable bonds is 0. The first kappa shape index (κ1) is 9.26. The Morgan fingerprint density at radius 3 is 2.00 bits per heavy atom. The van der Waals surface area contributed by atoms with E-state index in [1.807, 2.05) is 36.2 Å². The van der Waals surface area contributed by atoms with E-state index in [1.165, 1.54) is 0 Å². The van der Waals surface area contributed by atoms with Gasteiger partial charge in [-0.1, -0.05) is 40.0 Å². The third kappa shape index (κ3) is 3.32. The molecule has 0 saturated heterocycles. The van der Waals surface area contributed by atoms with Gasteiger partial charge in [-0.3, -0.25) is 0 Å². The van der Waals surface area contributed by atoms with E-state index in [0.717, 1.165) is 5.56 Å². The van der Waals surface area contributed by atoms with Crippen LogP contribution in [0, 0.1) is 12.3 Å². The number of hydrogen-bond acceptors (Lipinski definition) is 0.